The van der Waals surface area contributed by atoms with E-state index < -0.39 is 16.7 Å². The minimum Gasteiger partial charge on any atom is -0.322 e. The van der Waals surface area contributed by atoms with Crippen LogP contribution in [0, 0.1) is 10.1 Å². The van der Waals surface area contributed by atoms with Gasteiger partial charge in [-0.2, -0.15) is 0 Å². The van der Waals surface area contributed by atoms with Crippen LogP contribution in [-0.4, -0.2) is 22.6 Å². The molecule has 0 saturated carbocycles. The highest BCUT2D eigenvalue weighted by Crippen LogP contribution is 2.14. The van der Waals surface area contributed by atoms with E-state index in [1.807, 2.05) is 6.07 Å². The summed E-state index contributed by atoms with van der Waals surface area (Å²) in [5.41, 5.74) is 6.16. The second-order valence-corrected chi connectivity index (χ2v) is 6.53. The van der Waals surface area contributed by atoms with Gasteiger partial charge in [-0.25, -0.2) is 0 Å². The lowest BCUT2D eigenvalue weighted by atomic mass is 10.1. The van der Waals surface area contributed by atoms with Crippen LogP contribution in [-0.2, 0) is 4.79 Å². The Balaban J connectivity index is 1.51. The summed E-state index contributed by atoms with van der Waals surface area (Å²) in [5.74, 6) is -1.44. The molecular weight excluding hydrogens is 412 g/mol. The average molecular weight is 430 g/mol. The fourth-order valence-corrected chi connectivity index (χ4v) is 2.64. The first kappa shape index (κ1) is 21.9. The Morgan fingerprint density at radius 2 is 1.47 bits per heavy atom. The predicted molar refractivity (Wildman–Crippen MR) is 119 cm³/mol. The molecule has 160 valence electrons. The monoisotopic (exact) mass is 430 g/mol. The van der Waals surface area contributed by atoms with Crippen molar-refractivity contribution >= 4 is 35.2 Å². The number of hydrogen-bond acceptors (Lipinski definition) is 5. The Morgan fingerprint density at radius 1 is 0.781 bits per heavy atom. The van der Waals surface area contributed by atoms with Crippen LogP contribution in [0.3, 0.4) is 0 Å². The maximum absolute atomic E-state index is 12.2. The van der Waals surface area contributed by atoms with Gasteiger partial charge in [0.25, 0.3) is 23.4 Å². The highest BCUT2D eigenvalue weighted by atomic mass is 16.6. The molecule has 32 heavy (non-hydrogen) atoms. The fourth-order valence-electron chi connectivity index (χ4n) is 2.64. The van der Waals surface area contributed by atoms with E-state index in [0.717, 1.165) is 6.08 Å². The van der Waals surface area contributed by atoms with E-state index in [1.54, 1.807) is 42.5 Å². The van der Waals surface area contributed by atoms with Crippen molar-refractivity contribution in [1.29, 1.82) is 0 Å². The summed E-state index contributed by atoms with van der Waals surface area (Å²) >= 11 is 0. The highest BCUT2D eigenvalue weighted by Gasteiger charge is 2.09. The molecule has 0 aliphatic heterocycles. The van der Waals surface area contributed by atoms with Crippen molar-refractivity contribution in [3.8, 4) is 0 Å². The highest BCUT2D eigenvalue weighted by molar-refractivity contribution is 6.04. The van der Waals surface area contributed by atoms with Crippen LogP contribution < -0.4 is 16.2 Å². The lowest BCUT2D eigenvalue weighted by molar-refractivity contribution is -0.384. The SMILES string of the molecule is O=C(/C=C/c1cccc([N+](=O)[O-])c1)NNC(=O)c1ccc(NC(=O)c2ccccc2)cc1. The molecule has 0 atom stereocenters. The first-order chi connectivity index (χ1) is 15.4. The zero-order valence-corrected chi connectivity index (χ0v) is 16.6. The van der Waals surface area contributed by atoms with Crippen LogP contribution in [0.2, 0.25) is 0 Å². The molecular formula is C23H18N4O5. The number of nitro groups is 1. The molecule has 0 saturated heterocycles. The number of nitrogens with zero attached hydrogens (tertiary/aromatic N) is 1. The standard InChI is InChI=1S/C23H18N4O5/c28-21(14-9-16-5-4-8-20(15-16)27(31)32)25-26-23(30)18-10-12-19(13-11-18)24-22(29)17-6-2-1-3-7-17/h1-15H,(H,24,29)(H,25,28)(H,26,30)/b14-9+. The van der Waals surface area contributed by atoms with Gasteiger partial charge in [0.15, 0.2) is 0 Å². The van der Waals surface area contributed by atoms with E-state index in [9.17, 15) is 24.5 Å². The number of nitrogens with one attached hydrogen (secondary N) is 3. The number of non-ortho nitro benzene ring substituents is 1. The summed E-state index contributed by atoms with van der Waals surface area (Å²) in [4.78, 5) is 46.5. The van der Waals surface area contributed by atoms with Gasteiger partial charge in [0.2, 0.25) is 0 Å². The van der Waals surface area contributed by atoms with Crippen LogP contribution in [0.5, 0.6) is 0 Å². The first-order valence-electron chi connectivity index (χ1n) is 9.42. The van der Waals surface area contributed by atoms with Gasteiger partial charge >= 0.3 is 0 Å². The Morgan fingerprint density at radius 3 is 2.16 bits per heavy atom. The topological polar surface area (TPSA) is 130 Å². The molecule has 3 aromatic rings. The summed E-state index contributed by atoms with van der Waals surface area (Å²) < 4.78 is 0. The Bertz CT molecular complexity index is 1170. The van der Waals surface area contributed by atoms with Crippen LogP contribution in [0.1, 0.15) is 26.3 Å². The first-order valence-corrected chi connectivity index (χ1v) is 9.42. The lowest BCUT2D eigenvalue weighted by Gasteiger charge is -2.08. The number of anilines is 1. The van der Waals surface area contributed by atoms with E-state index in [0.29, 0.717) is 16.8 Å². The molecule has 0 spiro atoms. The van der Waals surface area contributed by atoms with Crippen molar-refractivity contribution in [3.63, 3.8) is 0 Å². The van der Waals surface area contributed by atoms with Crippen molar-refractivity contribution in [2.75, 3.05) is 5.32 Å². The van der Waals surface area contributed by atoms with Gasteiger partial charge in [0, 0.05) is 35.0 Å². The predicted octanol–water partition coefficient (Wildman–Crippen LogP) is 3.32. The molecule has 3 amide bonds. The summed E-state index contributed by atoms with van der Waals surface area (Å²) in [6.45, 7) is 0. The van der Waals surface area contributed by atoms with Crippen LogP contribution >= 0.6 is 0 Å². The van der Waals surface area contributed by atoms with Gasteiger partial charge in [-0.1, -0.05) is 30.3 Å². The minimum atomic E-state index is -0.614. The number of hydrogen-bond donors (Lipinski definition) is 3. The average Bonchev–Trinajstić information content (AvgIpc) is 2.82. The van der Waals surface area contributed by atoms with Gasteiger partial charge in [0.1, 0.15) is 0 Å². The Kier molecular flexibility index (Phi) is 7.05. The summed E-state index contributed by atoms with van der Waals surface area (Å²) in [6, 6.07) is 20.6. The normalized spacial score (nSPS) is 10.4. The van der Waals surface area contributed by atoms with Gasteiger partial charge in [-0.3, -0.25) is 35.3 Å². The maximum atomic E-state index is 12.2. The van der Waals surface area contributed by atoms with E-state index >= 15 is 0 Å². The van der Waals surface area contributed by atoms with Gasteiger partial charge < -0.3 is 5.32 Å². The molecule has 3 aromatic carbocycles. The smallest absolute Gasteiger partial charge is 0.270 e. The summed E-state index contributed by atoms with van der Waals surface area (Å²) in [5, 5.41) is 13.5. The van der Waals surface area contributed by atoms with E-state index in [4.69, 9.17) is 0 Å². The second-order valence-electron chi connectivity index (χ2n) is 6.53. The second kappa shape index (κ2) is 10.3. The third-order valence-corrected chi connectivity index (χ3v) is 4.25. The Hall–Kier alpha value is -4.79. The number of benzene rings is 3. The zero-order chi connectivity index (χ0) is 22.9. The molecule has 3 N–H and O–H groups in total. The van der Waals surface area contributed by atoms with Crippen LogP contribution in [0.15, 0.2) is 84.9 Å². The third-order valence-electron chi connectivity index (χ3n) is 4.25. The van der Waals surface area contributed by atoms with Gasteiger partial charge in [0.05, 0.1) is 4.92 Å². The van der Waals surface area contributed by atoms with Crippen LogP contribution in [0.25, 0.3) is 6.08 Å². The van der Waals surface area contributed by atoms with Gasteiger partial charge in [-0.05, 0) is 48.0 Å². The minimum absolute atomic E-state index is 0.0933. The molecule has 9 nitrogen and oxygen atoms in total. The van der Waals surface area contributed by atoms with Crippen LogP contribution in [0.4, 0.5) is 11.4 Å². The molecule has 0 heterocycles. The third kappa shape index (κ3) is 6.10. The molecule has 0 unspecified atom stereocenters. The van der Waals surface area contributed by atoms with Crippen molar-refractivity contribution in [2.24, 2.45) is 0 Å². The van der Waals surface area contributed by atoms with Crippen molar-refractivity contribution < 1.29 is 19.3 Å². The number of carbonyl (C=O) groups is 3. The molecule has 0 aliphatic rings. The number of nitro benzene ring substituents is 1. The molecule has 0 fully saturated rings. The molecule has 9 heteroatoms. The van der Waals surface area contributed by atoms with E-state index in [-0.39, 0.29) is 17.2 Å². The lowest BCUT2D eigenvalue weighted by Crippen LogP contribution is -2.40. The van der Waals surface area contributed by atoms with Gasteiger partial charge in [-0.15, -0.1) is 0 Å². The maximum Gasteiger partial charge on any atom is 0.270 e. The van der Waals surface area contributed by atoms with Crippen molar-refractivity contribution in [2.45, 2.75) is 0 Å². The summed E-state index contributed by atoms with van der Waals surface area (Å²) in [6.07, 6.45) is 2.53. The molecule has 0 aromatic heterocycles. The Labute approximate surface area is 182 Å². The number of rotatable bonds is 6. The van der Waals surface area contributed by atoms with Crippen molar-refractivity contribution in [1.82, 2.24) is 10.9 Å². The molecule has 0 bridgehead atoms. The largest absolute Gasteiger partial charge is 0.322 e. The van der Waals surface area contributed by atoms with Crippen molar-refractivity contribution in [3.05, 3.63) is 112 Å². The quantitative estimate of drug-likeness (QED) is 0.314. The molecule has 0 radical (unpaired) electrons. The molecule has 3 rings (SSSR count). The van der Waals surface area contributed by atoms with E-state index in [1.165, 1.54) is 36.4 Å². The number of carbonyl (C=O) groups excluding carboxylic acids is 3. The molecule has 0 aliphatic carbocycles. The number of amides is 3. The zero-order valence-electron chi connectivity index (χ0n) is 16.6. The summed E-state index contributed by atoms with van der Waals surface area (Å²) in [7, 11) is 0. The number of hydrazine groups is 1. The van der Waals surface area contributed by atoms with E-state index in [2.05, 4.69) is 16.2 Å². The fraction of sp³-hybridized carbons (Fsp3) is 0.